The second-order valence-corrected chi connectivity index (χ2v) is 5.66. The van der Waals surface area contributed by atoms with E-state index in [1.807, 2.05) is 0 Å². The molecule has 1 aliphatic carbocycles. The molecule has 1 fully saturated rings. The molecule has 118 valence electrons. The number of nitro groups is 1. The van der Waals surface area contributed by atoms with Gasteiger partial charge in [-0.3, -0.25) is 14.9 Å². The molecule has 0 spiro atoms. The molecule has 22 heavy (non-hydrogen) atoms. The van der Waals surface area contributed by atoms with Crippen molar-refractivity contribution in [3.63, 3.8) is 0 Å². The van der Waals surface area contributed by atoms with Crippen molar-refractivity contribution in [2.75, 3.05) is 0 Å². The Morgan fingerprint density at radius 2 is 2.14 bits per heavy atom. The number of carboxylic acid groups (broad SMARTS) is 1. The van der Waals surface area contributed by atoms with Gasteiger partial charge in [0.25, 0.3) is 5.69 Å². The standard InChI is InChI=1S/C14H15ClN2O5/c1-8(14(19)20)16(10-4-5-10)13(18)6-9-2-3-11(17(21)22)7-12(9)15/h2-3,7-8,10H,4-6H2,1H3,(H,19,20). The van der Waals surface area contributed by atoms with E-state index < -0.39 is 16.9 Å². The maximum Gasteiger partial charge on any atom is 0.326 e. The molecule has 2 rings (SSSR count). The van der Waals surface area contributed by atoms with Crippen LogP contribution in [0.4, 0.5) is 5.69 Å². The number of non-ortho nitro benzene ring substituents is 1. The lowest BCUT2D eigenvalue weighted by Crippen LogP contribution is -2.45. The topological polar surface area (TPSA) is 101 Å². The van der Waals surface area contributed by atoms with Gasteiger partial charge in [-0.05, 0) is 25.3 Å². The number of nitro benzene ring substituents is 1. The highest BCUT2D eigenvalue weighted by Gasteiger charge is 2.38. The average Bonchev–Trinajstić information content (AvgIpc) is 3.25. The lowest BCUT2D eigenvalue weighted by Gasteiger charge is -2.26. The van der Waals surface area contributed by atoms with E-state index in [0.717, 1.165) is 12.8 Å². The largest absolute Gasteiger partial charge is 0.480 e. The molecule has 0 radical (unpaired) electrons. The summed E-state index contributed by atoms with van der Waals surface area (Å²) in [7, 11) is 0. The fourth-order valence-corrected chi connectivity index (χ4v) is 2.50. The first-order valence-electron chi connectivity index (χ1n) is 6.78. The fraction of sp³-hybridized carbons (Fsp3) is 0.429. The molecule has 0 bridgehead atoms. The van der Waals surface area contributed by atoms with E-state index in [2.05, 4.69) is 0 Å². The van der Waals surface area contributed by atoms with Gasteiger partial charge < -0.3 is 10.0 Å². The molecule has 0 saturated heterocycles. The zero-order chi connectivity index (χ0) is 16.4. The van der Waals surface area contributed by atoms with E-state index in [0.29, 0.717) is 5.56 Å². The Kier molecular flexibility index (Phi) is 4.65. The Morgan fingerprint density at radius 1 is 1.50 bits per heavy atom. The second-order valence-electron chi connectivity index (χ2n) is 5.26. The summed E-state index contributed by atoms with van der Waals surface area (Å²) in [4.78, 5) is 35.0. The van der Waals surface area contributed by atoms with Crippen molar-refractivity contribution in [3.05, 3.63) is 38.9 Å². The minimum absolute atomic E-state index is 0.0459. The molecular formula is C14H15ClN2O5. The number of hydrogen-bond donors (Lipinski definition) is 1. The lowest BCUT2D eigenvalue weighted by molar-refractivity contribution is -0.384. The Hall–Kier alpha value is -2.15. The van der Waals surface area contributed by atoms with Gasteiger partial charge >= 0.3 is 5.97 Å². The molecule has 1 saturated carbocycles. The SMILES string of the molecule is CC(C(=O)O)N(C(=O)Cc1ccc([N+](=O)[O-])cc1Cl)C1CC1. The third-order valence-corrected chi connectivity index (χ3v) is 3.94. The van der Waals surface area contributed by atoms with E-state index in [-0.39, 0.29) is 29.1 Å². The van der Waals surface area contributed by atoms with Crippen molar-refractivity contribution in [2.24, 2.45) is 0 Å². The molecule has 0 aliphatic heterocycles. The number of benzene rings is 1. The molecule has 7 nitrogen and oxygen atoms in total. The molecule has 8 heteroatoms. The molecule has 1 aliphatic rings. The Labute approximate surface area is 131 Å². The fourth-order valence-electron chi connectivity index (χ4n) is 2.25. The smallest absolute Gasteiger partial charge is 0.326 e. The molecule has 1 aromatic carbocycles. The van der Waals surface area contributed by atoms with Gasteiger partial charge in [0.1, 0.15) is 6.04 Å². The van der Waals surface area contributed by atoms with E-state index in [1.165, 1.54) is 30.0 Å². The summed E-state index contributed by atoms with van der Waals surface area (Å²) in [5.74, 6) is -1.40. The highest BCUT2D eigenvalue weighted by molar-refractivity contribution is 6.31. The molecule has 1 amide bonds. The lowest BCUT2D eigenvalue weighted by atomic mass is 10.1. The second kappa shape index (κ2) is 6.31. The number of carbonyl (C=O) groups is 2. The van der Waals surface area contributed by atoms with Gasteiger partial charge in [-0.15, -0.1) is 0 Å². The van der Waals surface area contributed by atoms with Gasteiger partial charge in [0.05, 0.1) is 16.4 Å². The van der Waals surface area contributed by atoms with Gasteiger partial charge in [-0.2, -0.15) is 0 Å². The quantitative estimate of drug-likeness (QED) is 0.638. The summed E-state index contributed by atoms with van der Waals surface area (Å²) >= 11 is 5.97. The van der Waals surface area contributed by atoms with Crippen LogP contribution in [0.5, 0.6) is 0 Å². The molecule has 0 heterocycles. The van der Waals surface area contributed by atoms with Gasteiger partial charge in [0.15, 0.2) is 0 Å². The monoisotopic (exact) mass is 326 g/mol. The number of carbonyl (C=O) groups excluding carboxylic acids is 1. The van der Waals surface area contributed by atoms with Crippen molar-refractivity contribution in [3.8, 4) is 0 Å². The highest BCUT2D eigenvalue weighted by Crippen LogP contribution is 2.30. The van der Waals surface area contributed by atoms with Gasteiger partial charge in [-0.25, -0.2) is 4.79 Å². The first-order valence-corrected chi connectivity index (χ1v) is 7.16. The highest BCUT2D eigenvalue weighted by atomic mass is 35.5. The predicted octanol–water partition coefficient (Wildman–Crippen LogP) is 2.25. The van der Waals surface area contributed by atoms with E-state index in [4.69, 9.17) is 16.7 Å². The summed E-state index contributed by atoms with van der Waals surface area (Å²) in [6, 6.07) is 2.94. The number of nitrogens with zero attached hydrogens (tertiary/aromatic N) is 2. The van der Waals surface area contributed by atoms with Crippen molar-refractivity contribution in [1.29, 1.82) is 0 Å². The van der Waals surface area contributed by atoms with Crippen LogP contribution in [0.15, 0.2) is 18.2 Å². The minimum Gasteiger partial charge on any atom is -0.480 e. The number of rotatable bonds is 6. The minimum atomic E-state index is -1.06. The maximum atomic E-state index is 12.4. The van der Waals surface area contributed by atoms with Crippen molar-refractivity contribution in [2.45, 2.75) is 38.3 Å². The molecule has 1 aromatic rings. The van der Waals surface area contributed by atoms with Gasteiger partial charge in [0.2, 0.25) is 5.91 Å². The Bertz CT molecular complexity index is 630. The van der Waals surface area contributed by atoms with Crippen LogP contribution in [-0.2, 0) is 16.0 Å². The van der Waals surface area contributed by atoms with Crippen molar-refractivity contribution in [1.82, 2.24) is 4.90 Å². The van der Waals surface area contributed by atoms with E-state index in [1.54, 1.807) is 0 Å². The normalized spacial score (nSPS) is 15.2. The molecule has 1 atom stereocenters. The maximum absolute atomic E-state index is 12.4. The van der Waals surface area contributed by atoms with Crippen LogP contribution in [-0.4, -0.2) is 38.9 Å². The summed E-state index contributed by atoms with van der Waals surface area (Å²) < 4.78 is 0. The molecular weight excluding hydrogens is 312 g/mol. The van der Waals surface area contributed by atoms with Gasteiger partial charge in [-0.1, -0.05) is 17.7 Å². The summed E-state index contributed by atoms with van der Waals surface area (Å²) in [6.45, 7) is 1.47. The molecule has 0 aromatic heterocycles. The first kappa shape index (κ1) is 16.2. The van der Waals surface area contributed by atoms with Crippen LogP contribution in [0.25, 0.3) is 0 Å². The van der Waals surface area contributed by atoms with Crippen LogP contribution in [0.3, 0.4) is 0 Å². The third kappa shape index (κ3) is 3.54. The van der Waals surface area contributed by atoms with Crippen LogP contribution in [0.1, 0.15) is 25.3 Å². The number of aliphatic carboxylic acids is 1. The zero-order valence-electron chi connectivity index (χ0n) is 11.9. The summed E-state index contributed by atoms with van der Waals surface area (Å²) in [5.41, 5.74) is 0.291. The van der Waals surface area contributed by atoms with Crippen LogP contribution in [0, 0.1) is 10.1 Å². The molecule has 1 N–H and O–H groups in total. The van der Waals surface area contributed by atoms with E-state index in [9.17, 15) is 19.7 Å². The van der Waals surface area contributed by atoms with E-state index >= 15 is 0 Å². The number of carboxylic acids is 1. The number of halogens is 1. The zero-order valence-corrected chi connectivity index (χ0v) is 12.6. The van der Waals surface area contributed by atoms with Crippen molar-refractivity contribution >= 4 is 29.2 Å². The first-order chi connectivity index (χ1) is 10.3. The third-order valence-electron chi connectivity index (χ3n) is 3.59. The predicted molar refractivity (Wildman–Crippen MR) is 78.8 cm³/mol. The Morgan fingerprint density at radius 3 is 2.59 bits per heavy atom. The average molecular weight is 327 g/mol. The van der Waals surface area contributed by atoms with Crippen LogP contribution >= 0.6 is 11.6 Å². The number of hydrogen-bond acceptors (Lipinski definition) is 4. The molecule has 1 unspecified atom stereocenters. The number of amides is 1. The summed E-state index contributed by atoms with van der Waals surface area (Å²) in [6.07, 6.45) is 1.50. The van der Waals surface area contributed by atoms with Crippen LogP contribution < -0.4 is 0 Å². The van der Waals surface area contributed by atoms with Gasteiger partial charge in [0, 0.05) is 18.2 Å². The summed E-state index contributed by atoms with van der Waals surface area (Å²) in [5, 5.41) is 19.9. The van der Waals surface area contributed by atoms with Crippen LogP contribution in [0.2, 0.25) is 5.02 Å². The Balaban J connectivity index is 2.16. The van der Waals surface area contributed by atoms with Crippen molar-refractivity contribution < 1.29 is 19.6 Å².